The number of carbonyl (C=O) groups excluding carboxylic acids is 1. The Morgan fingerprint density at radius 2 is 2.15 bits per heavy atom. The van der Waals surface area contributed by atoms with Gasteiger partial charge in [0.15, 0.2) is 18.2 Å². The molecule has 0 aliphatic rings. The van der Waals surface area contributed by atoms with Crippen molar-refractivity contribution in [1.82, 2.24) is 9.97 Å². The molecule has 10 heteroatoms. The van der Waals surface area contributed by atoms with Crippen LogP contribution in [0.1, 0.15) is 16.4 Å². The zero-order chi connectivity index (χ0) is 18.7. The van der Waals surface area contributed by atoms with Crippen molar-refractivity contribution in [3.63, 3.8) is 0 Å². The molecule has 0 spiro atoms. The van der Waals surface area contributed by atoms with Crippen molar-refractivity contribution in [1.29, 1.82) is 5.26 Å². The van der Waals surface area contributed by atoms with E-state index in [-0.39, 0.29) is 11.4 Å². The number of furan rings is 1. The summed E-state index contributed by atoms with van der Waals surface area (Å²) in [6.07, 6.45) is 0. The van der Waals surface area contributed by atoms with Crippen LogP contribution in [0.3, 0.4) is 0 Å². The molecule has 0 bridgehead atoms. The number of benzene rings is 1. The highest BCUT2D eigenvalue weighted by atomic mass is 16.7. The SMILES string of the molecule is N#C/C(=C(/O)COC(=O)c1ccc([N+](=O)[O-])o1)c1nc2ccccc2[nH]1. The van der Waals surface area contributed by atoms with Crippen LogP contribution in [0.2, 0.25) is 0 Å². The van der Waals surface area contributed by atoms with Gasteiger partial charge < -0.3 is 19.2 Å². The van der Waals surface area contributed by atoms with Crippen molar-refractivity contribution in [2.45, 2.75) is 0 Å². The lowest BCUT2D eigenvalue weighted by Crippen LogP contribution is -2.08. The van der Waals surface area contributed by atoms with Crippen LogP contribution >= 0.6 is 0 Å². The van der Waals surface area contributed by atoms with Crippen LogP contribution in [0.15, 0.2) is 46.6 Å². The van der Waals surface area contributed by atoms with Gasteiger partial charge in [-0.1, -0.05) is 12.1 Å². The normalized spacial score (nSPS) is 11.7. The van der Waals surface area contributed by atoms with E-state index in [1.54, 1.807) is 30.3 Å². The van der Waals surface area contributed by atoms with E-state index in [0.29, 0.717) is 11.0 Å². The van der Waals surface area contributed by atoms with Crippen LogP contribution in [0.25, 0.3) is 16.6 Å². The summed E-state index contributed by atoms with van der Waals surface area (Å²) >= 11 is 0. The summed E-state index contributed by atoms with van der Waals surface area (Å²) in [6.45, 7) is -0.632. The zero-order valence-electron chi connectivity index (χ0n) is 13.0. The molecule has 2 aromatic heterocycles. The summed E-state index contributed by atoms with van der Waals surface area (Å²) in [5.74, 6) is -2.44. The number of aliphatic hydroxyl groups excluding tert-OH is 1. The van der Waals surface area contributed by atoms with Crippen LogP contribution < -0.4 is 0 Å². The molecular formula is C16H10N4O6. The Balaban J connectivity index is 1.77. The summed E-state index contributed by atoms with van der Waals surface area (Å²) < 4.78 is 9.50. The van der Waals surface area contributed by atoms with Crippen molar-refractivity contribution in [2.24, 2.45) is 0 Å². The third-order valence-electron chi connectivity index (χ3n) is 3.34. The van der Waals surface area contributed by atoms with Gasteiger partial charge in [-0.3, -0.25) is 10.1 Å². The Kier molecular flexibility index (Phi) is 4.36. The Morgan fingerprint density at radius 1 is 1.38 bits per heavy atom. The molecule has 2 N–H and O–H groups in total. The molecule has 0 saturated carbocycles. The molecule has 0 amide bonds. The average molecular weight is 354 g/mol. The maximum absolute atomic E-state index is 11.8. The van der Waals surface area contributed by atoms with Gasteiger partial charge in [-0.25, -0.2) is 9.78 Å². The number of aromatic nitrogens is 2. The largest absolute Gasteiger partial charge is 0.507 e. The van der Waals surface area contributed by atoms with Crippen LogP contribution in [0.5, 0.6) is 0 Å². The van der Waals surface area contributed by atoms with Gasteiger partial charge in [-0.05, 0) is 18.2 Å². The molecule has 0 unspecified atom stereocenters. The lowest BCUT2D eigenvalue weighted by Gasteiger charge is -2.03. The molecule has 26 heavy (non-hydrogen) atoms. The summed E-state index contributed by atoms with van der Waals surface area (Å²) in [4.78, 5) is 28.6. The van der Waals surface area contributed by atoms with E-state index in [2.05, 4.69) is 9.97 Å². The molecule has 0 fully saturated rings. The standard InChI is InChI=1S/C16H10N4O6/c17-7-9(15-18-10-3-1-2-4-11(10)19-15)12(21)8-25-16(22)13-5-6-14(26-13)20(23)24/h1-6,21H,8H2,(H,18,19)/b12-9-. The highest BCUT2D eigenvalue weighted by Gasteiger charge is 2.20. The van der Waals surface area contributed by atoms with Crippen LogP contribution in [-0.4, -0.2) is 32.6 Å². The number of nitriles is 1. The summed E-state index contributed by atoms with van der Waals surface area (Å²) in [6, 6.07) is 10.9. The number of imidazole rings is 1. The molecule has 0 radical (unpaired) electrons. The zero-order valence-corrected chi connectivity index (χ0v) is 13.0. The lowest BCUT2D eigenvalue weighted by molar-refractivity contribution is -0.402. The number of nitro groups is 1. The summed E-state index contributed by atoms with van der Waals surface area (Å²) in [5, 5.41) is 29.8. The van der Waals surface area contributed by atoms with E-state index in [1.807, 2.05) is 0 Å². The monoisotopic (exact) mass is 354 g/mol. The van der Waals surface area contributed by atoms with Gasteiger partial charge >= 0.3 is 11.9 Å². The smallest absolute Gasteiger partial charge is 0.433 e. The van der Waals surface area contributed by atoms with Gasteiger partial charge in [0.2, 0.25) is 5.76 Å². The Bertz CT molecular complexity index is 1040. The van der Waals surface area contributed by atoms with E-state index in [1.165, 1.54) is 0 Å². The molecule has 130 valence electrons. The minimum atomic E-state index is -1.02. The number of esters is 1. The minimum absolute atomic E-state index is 0.121. The number of nitrogens with zero attached hydrogens (tertiary/aromatic N) is 3. The molecular weight excluding hydrogens is 344 g/mol. The highest BCUT2D eigenvalue weighted by molar-refractivity contribution is 5.87. The van der Waals surface area contributed by atoms with Gasteiger partial charge in [0, 0.05) is 0 Å². The van der Waals surface area contributed by atoms with E-state index in [9.17, 15) is 25.3 Å². The number of nitrogens with one attached hydrogen (secondary N) is 1. The van der Waals surface area contributed by atoms with Crippen molar-refractivity contribution in [3.05, 3.63) is 63.9 Å². The highest BCUT2D eigenvalue weighted by Crippen LogP contribution is 2.20. The maximum Gasteiger partial charge on any atom is 0.433 e. The third kappa shape index (κ3) is 3.22. The Labute approximate surface area is 145 Å². The van der Waals surface area contributed by atoms with E-state index < -0.39 is 34.9 Å². The molecule has 2 heterocycles. The molecule has 0 atom stereocenters. The van der Waals surface area contributed by atoms with Crippen molar-refractivity contribution in [2.75, 3.05) is 6.61 Å². The molecule has 1 aromatic carbocycles. The van der Waals surface area contributed by atoms with E-state index in [0.717, 1.165) is 12.1 Å². The number of rotatable bonds is 5. The number of allylic oxidation sites excluding steroid dienone is 1. The first-order chi connectivity index (χ1) is 12.5. The minimum Gasteiger partial charge on any atom is -0.507 e. The number of fused-ring (bicyclic) bond motifs is 1. The fourth-order valence-corrected chi connectivity index (χ4v) is 2.14. The van der Waals surface area contributed by atoms with Crippen LogP contribution in [0.4, 0.5) is 5.88 Å². The predicted molar refractivity (Wildman–Crippen MR) is 86.9 cm³/mol. The topological polar surface area (TPSA) is 155 Å². The summed E-state index contributed by atoms with van der Waals surface area (Å²) in [5.41, 5.74) is 1.07. The number of para-hydroxylation sites is 2. The number of ether oxygens (including phenoxy) is 1. The third-order valence-corrected chi connectivity index (χ3v) is 3.34. The van der Waals surface area contributed by atoms with Gasteiger partial charge in [-0.2, -0.15) is 5.26 Å². The van der Waals surface area contributed by atoms with Crippen molar-refractivity contribution >= 4 is 28.5 Å². The fraction of sp³-hybridized carbons (Fsp3) is 0.0625. The van der Waals surface area contributed by atoms with Crippen molar-refractivity contribution < 1.29 is 24.0 Å². The second-order valence-electron chi connectivity index (χ2n) is 5.01. The van der Waals surface area contributed by atoms with Gasteiger partial charge in [-0.15, -0.1) is 0 Å². The van der Waals surface area contributed by atoms with E-state index in [4.69, 9.17) is 9.15 Å². The first-order valence-electron chi connectivity index (χ1n) is 7.18. The first-order valence-corrected chi connectivity index (χ1v) is 7.18. The molecule has 0 saturated heterocycles. The summed E-state index contributed by atoms with van der Waals surface area (Å²) in [7, 11) is 0. The first kappa shape index (κ1) is 16.7. The number of hydrogen-bond acceptors (Lipinski definition) is 8. The molecule has 3 rings (SSSR count). The number of H-pyrrole nitrogens is 1. The van der Waals surface area contributed by atoms with Crippen LogP contribution in [-0.2, 0) is 4.74 Å². The molecule has 0 aliphatic carbocycles. The van der Waals surface area contributed by atoms with E-state index >= 15 is 0 Å². The quantitative estimate of drug-likeness (QED) is 0.233. The Morgan fingerprint density at radius 3 is 2.81 bits per heavy atom. The average Bonchev–Trinajstić information content (AvgIpc) is 3.27. The number of aromatic amines is 1. The Hall–Kier alpha value is -4.13. The van der Waals surface area contributed by atoms with Crippen molar-refractivity contribution in [3.8, 4) is 6.07 Å². The number of carbonyl (C=O) groups is 1. The molecule has 0 aliphatic heterocycles. The second-order valence-corrected chi connectivity index (χ2v) is 5.01. The molecule has 10 nitrogen and oxygen atoms in total. The van der Waals surface area contributed by atoms with Gasteiger partial charge in [0.1, 0.15) is 16.6 Å². The predicted octanol–water partition coefficient (Wildman–Crippen LogP) is 2.71. The van der Waals surface area contributed by atoms with Gasteiger partial charge in [0.05, 0.1) is 17.1 Å². The second kappa shape index (κ2) is 6.78. The number of aliphatic hydroxyl groups is 1. The maximum atomic E-state index is 11.8. The molecule has 3 aromatic rings. The van der Waals surface area contributed by atoms with Gasteiger partial charge in [0.25, 0.3) is 0 Å². The fourth-order valence-electron chi connectivity index (χ4n) is 2.14. The van der Waals surface area contributed by atoms with Crippen LogP contribution in [0, 0.1) is 21.4 Å². The lowest BCUT2D eigenvalue weighted by atomic mass is 10.2. The number of hydrogen-bond donors (Lipinski definition) is 2.